The maximum Gasteiger partial charge on any atom is 0.0506 e. The first-order valence-corrected chi connectivity index (χ1v) is 18.9. The summed E-state index contributed by atoms with van der Waals surface area (Å²) in [6.07, 6.45) is 22.8. The number of fused-ring (bicyclic) bond motifs is 8. The van der Waals surface area contributed by atoms with E-state index in [4.69, 9.17) is 5.73 Å². The standard InChI is InChI=1S/C52H45N/c53-37-16-5-3-1-2-4-7-20-40(43-31-29-42(30-32-43)39-18-8-6-9-19-39)34-36-45-24-17-28-50-51(45)47-25-13-15-27-49(47)52(50)38-46-23-11-10-21-41(46)33-35-44-22-12-14-26-48(44)52/h1-32,37H,33-36,38,53H2/b2-1-,5-3-,7-4+,37-16+,40-20+. The Kier molecular flexibility index (Phi) is 9.99. The molecule has 0 saturated carbocycles. The first kappa shape index (κ1) is 33.9. The molecule has 1 heteroatoms. The van der Waals surface area contributed by atoms with Gasteiger partial charge in [-0.25, -0.2) is 0 Å². The Bertz CT molecular complexity index is 2370. The van der Waals surface area contributed by atoms with Gasteiger partial charge in [-0.05, 0) is 117 Å². The number of hydrogen-bond donors (Lipinski definition) is 1. The molecule has 0 heterocycles. The molecule has 53 heavy (non-hydrogen) atoms. The molecule has 2 N–H and O–H groups in total. The first-order chi connectivity index (χ1) is 26.3. The molecule has 0 saturated heterocycles. The van der Waals surface area contributed by atoms with Crippen molar-refractivity contribution in [3.05, 3.63) is 245 Å². The van der Waals surface area contributed by atoms with Gasteiger partial charge in [-0.1, -0.05) is 188 Å². The van der Waals surface area contributed by atoms with Gasteiger partial charge in [0.05, 0.1) is 5.41 Å². The Morgan fingerprint density at radius 1 is 0.509 bits per heavy atom. The van der Waals surface area contributed by atoms with Crippen LogP contribution in [0.5, 0.6) is 0 Å². The fourth-order valence-corrected chi connectivity index (χ4v) is 8.62. The zero-order valence-electron chi connectivity index (χ0n) is 30.2. The Morgan fingerprint density at radius 3 is 1.91 bits per heavy atom. The second-order valence-corrected chi connectivity index (χ2v) is 14.1. The van der Waals surface area contributed by atoms with Gasteiger partial charge in [0.15, 0.2) is 0 Å². The van der Waals surface area contributed by atoms with E-state index in [0.717, 1.165) is 32.1 Å². The summed E-state index contributed by atoms with van der Waals surface area (Å²) < 4.78 is 0. The van der Waals surface area contributed by atoms with Crippen LogP contribution in [-0.4, -0.2) is 0 Å². The maximum atomic E-state index is 5.45. The zero-order valence-corrected chi connectivity index (χ0v) is 30.2. The van der Waals surface area contributed by atoms with Crippen LogP contribution in [0.25, 0.3) is 27.8 Å². The Morgan fingerprint density at radius 2 is 1.11 bits per heavy atom. The topological polar surface area (TPSA) is 26.0 Å². The predicted molar refractivity (Wildman–Crippen MR) is 225 cm³/mol. The van der Waals surface area contributed by atoms with Crippen molar-refractivity contribution in [1.82, 2.24) is 0 Å². The van der Waals surface area contributed by atoms with E-state index in [-0.39, 0.29) is 5.41 Å². The molecular weight excluding hydrogens is 639 g/mol. The molecule has 1 nitrogen and oxygen atoms in total. The molecule has 1 spiro atoms. The minimum atomic E-state index is -0.246. The molecule has 8 rings (SSSR count). The van der Waals surface area contributed by atoms with Crippen LogP contribution < -0.4 is 5.73 Å². The van der Waals surface area contributed by atoms with Gasteiger partial charge in [-0.15, -0.1) is 0 Å². The summed E-state index contributed by atoms with van der Waals surface area (Å²) in [4.78, 5) is 0. The number of nitrogens with two attached hydrogens (primary N) is 1. The highest BCUT2D eigenvalue weighted by Gasteiger charge is 2.47. The average molecular weight is 684 g/mol. The SMILES string of the molecule is N/C=C/C=C\C=C/C=C/C=C(\CCc1cccc2c1-c1ccccc1C21Cc2ccccc2CCc2ccccc21)c1ccc(-c2ccccc2)cc1. The summed E-state index contributed by atoms with van der Waals surface area (Å²) in [5.41, 5.74) is 23.2. The van der Waals surface area contributed by atoms with Crippen molar-refractivity contribution in [2.75, 3.05) is 0 Å². The summed E-state index contributed by atoms with van der Waals surface area (Å²) in [6, 6.07) is 54.4. The van der Waals surface area contributed by atoms with Gasteiger partial charge in [-0.2, -0.15) is 0 Å². The Hall–Kier alpha value is -6.18. The first-order valence-electron chi connectivity index (χ1n) is 18.9. The molecule has 0 amide bonds. The van der Waals surface area contributed by atoms with Gasteiger partial charge < -0.3 is 5.73 Å². The van der Waals surface area contributed by atoms with Crippen molar-refractivity contribution in [1.29, 1.82) is 0 Å². The van der Waals surface area contributed by atoms with E-state index in [1.54, 1.807) is 0 Å². The maximum absolute atomic E-state index is 5.45. The van der Waals surface area contributed by atoms with Crippen LogP contribution in [0, 0.1) is 0 Å². The second-order valence-electron chi connectivity index (χ2n) is 14.1. The number of aryl methyl sites for hydroxylation is 3. The number of allylic oxidation sites excluding steroid dienone is 9. The molecule has 0 fully saturated rings. The van der Waals surface area contributed by atoms with Crippen molar-refractivity contribution >= 4 is 5.57 Å². The third-order valence-corrected chi connectivity index (χ3v) is 11.1. The zero-order chi connectivity index (χ0) is 35.9. The van der Waals surface area contributed by atoms with Crippen LogP contribution in [0.3, 0.4) is 0 Å². The van der Waals surface area contributed by atoms with E-state index >= 15 is 0 Å². The van der Waals surface area contributed by atoms with E-state index in [1.807, 2.05) is 24.3 Å². The molecule has 6 aromatic carbocycles. The molecule has 6 aromatic rings. The Balaban J connectivity index is 1.19. The lowest BCUT2D eigenvalue weighted by atomic mass is 9.65. The molecule has 258 valence electrons. The minimum Gasteiger partial charge on any atom is -0.405 e. The fourth-order valence-electron chi connectivity index (χ4n) is 8.62. The molecule has 2 aliphatic rings. The molecule has 0 aliphatic heterocycles. The lowest BCUT2D eigenvalue weighted by Gasteiger charge is -2.37. The Labute approximate surface area is 314 Å². The van der Waals surface area contributed by atoms with Gasteiger partial charge in [0.2, 0.25) is 0 Å². The van der Waals surface area contributed by atoms with Crippen molar-refractivity contribution < 1.29 is 0 Å². The molecule has 0 bridgehead atoms. The summed E-state index contributed by atoms with van der Waals surface area (Å²) in [5.74, 6) is 0. The van der Waals surface area contributed by atoms with Crippen LogP contribution >= 0.6 is 0 Å². The third kappa shape index (κ3) is 6.79. The third-order valence-electron chi connectivity index (χ3n) is 11.1. The van der Waals surface area contributed by atoms with E-state index < -0.39 is 0 Å². The van der Waals surface area contributed by atoms with Crippen molar-refractivity contribution in [3.63, 3.8) is 0 Å². The van der Waals surface area contributed by atoms with Crippen LogP contribution in [0.2, 0.25) is 0 Å². The second kappa shape index (κ2) is 15.6. The number of benzene rings is 6. The van der Waals surface area contributed by atoms with Crippen LogP contribution in [0.1, 0.15) is 50.9 Å². The molecular formula is C52H45N. The van der Waals surface area contributed by atoms with Gasteiger partial charge >= 0.3 is 0 Å². The highest BCUT2D eigenvalue weighted by molar-refractivity contribution is 5.86. The molecule has 0 aromatic heterocycles. The van der Waals surface area contributed by atoms with Gasteiger partial charge in [0.25, 0.3) is 0 Å². The summed E-state index contributed by atoms with van der Waals surface area (Å²) in [6.45, 7) is 0. The average Bonchev–Trinajstić information content (AvgIpc) is 3.50. The highest BCUT2D eigenvalue weighted by Crippen LogP contribution is 2.56. The van der Waals surface area contributed by atoms with Gasteiger partial charge in [0.1, 0.15) is 0 Å². The van der Waals surface area contributed by atoms with Gasteiger partial charge in [0, 0.05) is 0 Å². The van der Waals surface area contributed by atoms with Crippen LogP contribution in [0.15, 0.2) is 200 Å². The normalized spacial score (nSPS) is 16.6. The summed E-state index contributed by atoms with van der Waals surface area (Å²) in [7, 11) is 0. The quantitative estimate of drug-likeness (QED) is 0.151. The van der Waals surface area contributed by atoms with Crippen molar-refractivity contribution in [2.45, 2.75) is 37.5 Å². The largest absolute Gasteiger partial charge is 0.405 e. The van der Waals surface area contributed by atoms with E-state index in [1.165, 1.54) is 78.5 Å². The molecule has 1 unspecified atom stereocenters. The lowest BCUT2D eigenvalue weighted by Crippen LogP contribution is -2.32. The molecule has 0 radical (unpaired) electrons. The van der Waals surface area contributed by atoms with E-state index in [0.29, 0.717) is 0 Å². The number of rotatable bonds is 9. The summed E-state index contributed by atoms with van der Waals surface area (Å²) in [5, 5.41) is 0. The van der Waals surface area contributed by atoms with Crippen LogP contribution in [-0.2, 0) is 31.1 Å². The molecule has 1 atom stereocenters. The fraction of sp³-hybridized carbons (Fsp3) is 0.115. The monoisotopic (exact) mass is 683 g/mol. The molecule has 2 aliphatic carbocycles. The van der Waals surface area contributed by atoms with Crippen molar-refractivity contribution in [3.8, 4) is 22.3 Å². The summed E-state index contributed by atoms with van der Waals surface area (Å²) >= 11 is 0. The van der Waals surface area contributed by atoms with Gasteiger partial charge in [-0.3, -0.25) is 0 Å². The predicted octanol–water partition coefficient (Wildman–Crippen LogP) is 12.2. The minimum absolute atomic E-state index is 0.246. The van der Waals surface area contributed by atoms with Crippen LogP contribution in [0.4, 0.5) is 0 Å². The van der Waals surface area contributed by atoms with Crippen molar-refractivity contribution in [2.24, 2.45) is 5.73 Å². The van der Waals surface area contributed by atoms with E-state index in [9.17, 15) is 0 Å². The van der Waals surface area contributed by atoms with E-state index in [2.05, 4.69) is 170 Å². The lowest BCUT2D eigenvalue weighted by molar-refractivity contribution is 0.606. The smallest absolute Gasteiger partial charge is 0.0506 e. The highest BCUT2D eigenvalue weighted by atomic mass is 14.5. The number of hydrogen-bond acceptors (Lipinski definition) is 1.